The molecule has 25 heteroatoms. The van der Waals surface area contributed by atoms with E-state index in [0.29, 0.717) is 109 Å². The van der Waals surface area contributed by atoms with Gasteiger partial charge in [-0.15, -0.1) is 0 Å². The van der Waals surface area contributed by atoms with Crippen LogP contribution in [0.15, 0.2) is 225 Å². The predicted octanol–water partition coefficient (Wildman–Crippen LogP) is 33.4. The number of nitriles is 4. The van der Waals surface area contributed by atoms with Crippen molar-refractivity contribution in [3.05, 3.63) is 291 Å². The number of aliphatic hydroxyl groups excluding tert-OH is 1. The van der Waals surface area contributed by atoms with Gasteiger partial charge in [-0.1, -0.05) is 384 Å². The molecule has 0 spiro atoms. The van der Waals surface area contributed by atoms with Gasteiger partial charge >= 0.3 is 18.2 Å². The molecule has 0 saturated heterocycles. The first kappa shape index (κ1) is 148. The zero-order valence-corrected chi connectivity index (χ0v) is 89.9. The molecule has 2 unspecified atom stereocenters. The van der Waals surface area contributed by atoms with Crippen LogP contribution in [0.5, 0.6) is 23.7 Å². The molecule has 0 saturated carbocycles. The molecule has 2 amide bonds. The maximum absolute atomic E-state index is 13.6. The summed E-state index contributed by atoms with van der Waals surface area (Å²) in [6.45, 7) is 65.9. The van der Waals surface area contributed by atoms with Crippen molar-refractivity contribution in [2.24, 2.45) is 55.2 Å². The minimum atomic E-state index is -0.939. The molecule has 7 aromatic carbocycles. The van der Waals surface area contributed by atoms with Crippen molar-refractivity contribution < 1.29 is 61.7 Å². The molecule has 816 valence electrons. The van der Waals surface area contributed by atoms with Crippen molar-refractivity contribution in [2.75, 3.05) is 71.1 Å². The lowest BCUT2D eigenvalue weighted by Crippen LogP contribution is -2.21. The van der Waals surface area contributed by atoms with Gasteiger partial charge in [-0.05, 0) is 169 Å². The number of alkyl halides is 1. The fourth-order valence-electron chi connectivity index (χ4n) is 10.5. The fourth-order valence-corrected chi connectivity index (χ4v) is 10.6. The molecule has 2 atom stereocenters. The standard InChI is InChI=1S/C13H16N2O2.3C13H17NO.C12H17NO2.C11H18N2O3.C11H16.C10H14FN.C10H14O.C9H13ClN2O.7CH4/c1-13(2,3)9-17-12(16)15-11-6-4-10(8-14)5-7-11;1-13(2,3)10-15-9-12-6-4-11(8-14)5-7-12;1-13(2,3)10-15-9-12-6-4-5-11(7-12)8-14;1-13(2,3)10-15-9-12-7-5-4-6-11(12)8-14;1-12(2,3)9-15-11(14)13-10-7-5-4-6-8-10;1-11(2,3)7-16-9-6-8(14-4)12-10(13-9)15-5;1-9(2)8-11-6-4-10(3)5-7-11;1-10(2,3)9(11)8-5-4-6-12-7-8;1-8(2)10(11)9-6-4-3-5-7-9;1-9(2,3)5-13-8-4-7(10)11-6-12-8;;;;;;;/h4-7H,9H2,1-3H3,(H,15,16);3*4-7H,9-10H2,1-3H3;4-8H,9H2,1-3H3,(H,13,14);6H,7H2,1-5H3;4-7,9H,8H2,1-3H3;4-7,9H,1-3H3;3-8,10-11H,1-2H3;4,6H,5H2,1-3H3;7*1H4. The van der Waals surface area contributed by atoms with Crippen molar-refractivity contribution >= 4 is 35.2 Å². The van der Waals surface area contributed by atoms with Gasteiger partial charge < -0.3 is 47.7 Å². The van der Waals surface area contributed by atoms with Crippen LogP contribution < -0.4 is 29.6 Å². The van der Waals surface area contributed by atoms with Crippen molar-refractivity contribution in [3.63, 3.8) is 0 Å². The monoisotopic (exact) mass is 2050 g/mol. The number of benzene rings is 7. The minimum absolute atomic E-state index is 0. The van der Waals surface area contributed by atoms with E-state index in [4.69, 9.17) is 75.3 Å². The molecular formula is C122H187ClFN11O12. The number of ether oxygens (including phenoxy) is 9. The lowest BCUT2D eigenvalue weighted by molar-refractivity contribution is 0.0598. The highest BCUT2D eigenvalue weighted by atomic mass is 35.5. The maximum atomic E-state index is 13.6. The Labute approximate surface area is 894 Å². The molecule has 3 N–H and O–H groups in total. The normalized spacial score (nSPS) is 10.9. The first-order valence-electron chi connectivity index (χ1n) is 46.9. The van der Waals surface area contributed by atoms with Crippen LogP contribution in [-0.2, 0) is 49.9 Å². The smallest absolute Gasteiger partial charge is 0.411 e. The Morgan fingerprint density at radius 1 is 0.415 bits per heavy atom. The number of methoxy groups -OCH3 is 2. The highest BCUT2D eigenvalue weighted by Gasteiger charge is 2.26. The molecule has 0 aliphatic rings. The number of para-hydroxylation sites is 1. The second-order valence-electron chi connectivity index (χ2n) is 43.4. The SMILES string of the molecule is C.C.C.C.C.C.C.CC(C)(C)C(F)c1cccnc1.CC(C)(C)COC(=O)Nc1ccc(C#N)cc1.CC(C)(C)COC(=O)Nc1ccccc1.CC(C)(C)COCc1ccc(C#N)cc1.CC(C)(C)COCc1cccc(C#N)c1.CC(C)(C)COCc1ccccc1C#N.CC(C)(C)COc1cc(Cl)ncn1.CC(C)C(O)c1ccccc1.COc1cc(OCC(C)(C)C)nc(OC)n1.Cc1ccc(CC(C)C)cc1. The number of amides is 2. The molecule has 10 rings (SSSR count). The molecule has 0 aliphatic heterocycles. The Balaban J connectivity index is -0.000000295. The molecule has 0 fully saturated rings. The van der Waals surface area contributed by atoms with Crippen LogP contribution in [0.2, 0.25) is 5.15 Å². The summed E-state index contributed by atoms with van der Waals surface area (Å²) in [6.07, 6.45) is 3.67. The van der Waals surface area contributed by atoms with E-state index < -0.39 is 18.4 Å². The zero-order chi connectivity index (χ0) is 106. The summed E-state index contributed by atoms with van der Waals surface area (Å²) < 4.78 is 61.4. The largest absolute Gasteiger partial charge is 0.481 e. The number of rotatable bonds is 24. The van der Waals surface area contributed by atoms with Gasteiger partial charge in [0.05, 0.1) is 139 Å². The number of pyridine rings is 1. The number of hydrogen-bond donors (Lipinski definition) is 3. The van der Waals surface area contributed by atoms with Gasteiger partial charge in [-0.2, -0.15) is 31.0 Å². The molecule has 0 bridgehead atoms. The number of aromatic nitrogens is 5. The Bertz CT molecular complexity index is 5240. The number of carbonyl (C=O) groups excluding carboxylic acids is 2. The van der Waals surface area contributed by atoms with Gasteiger partial charge in [0.2, 0.25) is 17.6 Å². The fraction of sp³-hybridized carbons (Fsp3) is 0.500. The number of halogens is 2. The number of nitrogens with one attached hydrogen (secondary N) is 2. The van der Waals surface area contributed by atoms with Crippen molar-refractivity contribution in [2.45, 2.75) is 291 Å². The third-order valence-electron chi connectivity index (χ3n) is 17.5. The lowest BCUT2D eigenvalue weighted by Gasteiger charge is -2.23. The predicted molar refractivity (Wildman–Crippen MR) is 610 cm³/mol. The second kappa shape index (κ2) is 76.2. The average Bonchev–Trinajstić information content (AvgIpc) is 0.860. The van der Waals surface area contributed by atoms with E-state index in [1.807, 2.05) is 210 Å². The third kappa shape index (κ3) is 78.6. The number of carbonyl (C=O) groups is 2. The molecule has 3 aromatic heterocycles. The van der Waals surface area contributed by atoms with Crippen LogP contribution >= 0.6 is 11.6 Å². The summed E-state index contributed by atoms with van der Waals surface area (Å²) in [7, 11) is 3.04. The summed E-state index contributed by atoms with van der Waals surface area (Å²) in [4.78, 5) is 42.4. The summed E-state index contributed by atoms with van der Waals surface area (Å²) in [5.41, 5.74) is 11.9. The van der Waals surface area contributed by atoms with Gasteiger partial charge in [0.1, 0.15) is 17.7 Å². The van der Waals surface area contributed by atoms with Crippen molar-refractivity contribution in [3.8, 4) is 47.9 Å². The van der Waals surface area contributed by atoms with E-state index >= 15 is 0 Å². The molecule has 0 radical (unpaired) electrons. The number of aliphatic hydroxyl groups is 1. The van der Waals surface area contributed by atoms with Gasteiger partial charge in [-0.3, -0.25) is 15.6 Å². The number of anilines is 2. The van der Waals surface area contributed by atoms with Gasteiger partial charge in [0.25, 0.3) is 0 Å². The topological polar surface area (TPSA) is 321 Å². The summed E-state index contributed by atoms with van der Waals surface area (Å²) in [5.74, 6) is 2.46. The Morgan fingerprint density at radius 2 is 0.830 bits per heavy atom. The number of nitrogens with zero attached hydrogens (tertiary/aromatic N) is 9. The number of hydrogen-bond acceptors (Lipinski definition) is 21. The lowest BCUT2D eigenvalue weighted by atomic mass is 9.87. The van der Waals surface area contributed by atoms with E-state index in [0.717, 1.165) is 47.1 Å². The second-order valence-corrected chi connectivity index (χ2v) is 43.8. The van der Waals surface area contributed by atoms with E-state index in [1.165, 1.54) is 38.1 Å². The molecule has 23 nitrogen and oxygen atoms in total. The first-order valence-corrected chi connectivity index (χ1v) is 47.3. The number of aryl methyl sites for hydroxylation is 1. The van der Waals surface area contributed by atoms with Crippen molar-refractivity contribution in [1.29, 1.82) is 21.0 Å². The van der Waals surface area contributed by atoms with Crippen LogP contribution in [0.3, 0.4) is 0 Å². The quantitative estimate of drug-likeness (QED) is 0.0473. The average molecular weight is 2050 g/mol. The zero-order valence-electron chi connectivity index (χ0n) is 89.2. The van der Waals surface area contributed by atoms with Crippen LogP contribution in [0.1, 0.15) is 319 Å². The van der Waals surface area contributed by atoms with Crippen molar-refractivity contribution in [1.82, 2.24) is 24.9 Å². The van der Waals surface area contributed by atoms with Crippen LogP contribution in [0.4, 0.5) is 25.4 Å². The van der Waals surface area contributed by atoms with E-state index in [9.17, 15) is 19.1 Å². The molecule has 0 aliphatic carbocycles. The van der Waals surface area contributed by atoms with E-state index in [1.54, 1.807) is 67.0 Å². The van der Waals surface area contributed by atoms with E-state index in [2.05, 4.69) is 203 Å². The van der Waals surface area contributed by atoms with Crippen LogP contribution in [0, 0.1) is 107 Å². The Hall–Kier alpha value is -12.4. The molecule has 10 aromatic rings. The third-order valence-corrected chi connectivity index (χ3v) is 17.7. The van der Waals surface area contributed by atoms with Gasteiger partial charge in [-0.25, -0.2) is 23.9 Å². The first-order chi connectivity index (χ1) is 65.3. The highest BCUT2D eigenvalue weighted by Crippen LogP contribution is 2.36. The van der Waals surface area contributed by atoms with Gasteiger partial charge in [0.15, 0.2) is 0 Å². The molecular weight excluding hydrogens is 1870 g/mol. The van der Waals surface area contributed by atoms with E-state index in [-0.39, 0.29) is 113 Å². The van der Waals surface area contributed by atoms with Crippen LogP contribution in [-0.4, -0.2) is 103 Å². The molecule has 3 heterocycles. The van der Waals surface area contributed by atoms with Crippen LogP contribution in [0.25, 0.3) is 0 Å². The minimum Gasteiger partial charge on any atom is -0.481 e. The summed E-state index contributed by atoms with van der Waals surface area (Å²) in [5, 5.41) is 50.1. The Morgan fingerprint density at radius 3 is 1.24 bits per heavy atom. The summed E-state index contributed by atoms with van der Waals surface area (Å²) >= 11 is 5.66. The summed E-state index contributed by atoms with van der Waals surface area (Å²) in [6, 6.07) is 72.3. The highest BCUT2D eigenvalue weighted by molar-refractivity contribution is 6.29. The molecule has 147 heavy (non-hydrogen) atoms. The Kier molecular flexibility index (Phi) is 76.5. The van der Waals surface area contributed by atoms with Gasteiger partial charge in [0, 0.05) is 35.4 Å². The maximum Gasteiger partial charge on any atom is 0.411 e.